The first kappa shape index (κ1) is 23.6. The molecule has 0 spiro atoms. The van der Waals surface area contributed by atoms with Gasteiger partial charge in [0.1, 0.15) is 0 Å². The van der Waals surface area contributed by atoms with E-state index in [-0.39, 0.29) is 0 Å². The fraction of sp³-hybridized carbons (Fsp3) is 0.857. The quantitative estimate of drug-likeness (QED) is 0.520. The van der Waals surface area contributed by atoms with Crippen LogP contribution in [-0.2, 0) is 0 Å². The Balaban J connectivity index is -0.000000297. The van der Waals surface area contributed by atoms with E-state index in [4.69, 9.17) is 30.0 Å². The summed E-state index contributed by atoms with van der Waals surface area (Å²) in [7, 11) is 0. The Bertz CT molecular complexity index is 198. The summed E-state index contributed by atoms with van der Waals surface area (Å²) < 4.78 is 0. The van der Waals surface area contributed by atoms with E-state index >= 15 is 0 Å². The minimum absolute atomic E-state index is 0.941. The molecule has 0 aliphatic heterocycles. The Kier molecular flexibility index (Phi) is 20.7. The lowest BCUT2D eigenvalue weighted by Gasteiger charge is -2.19. The molecule has 0 aromatic carbocycles. The van der Waals surface area contributed by atoms with E-state index in [0.29, 0.717) is 0 Å². The SMILES string of the molecule is CCCCC(C)C(C)CCCC.O=C(O)O.O=C(O)O. The maximum atomic E-state index is 8.56. The molecule has 6 heteroatoms. The lowest BCUT2D eigenvalue weighted by Crippen LogP contribution is -2.07. The summed E-state index contributed by atoms with van der Waals surface area (Å²) in [6.07, 6.45) is 4.73. The maximum Gasteiger partial charge on any atom is 0.503 e. The summed E-state index contributed by atoms with van der Waals surface area (Å²) in [5, 5.41) is 27.9. The van der Waals surface area contributed by atoms with Crippen molar-refractivity contribution in [1.82, 2.24) is 0 Å². The Morgan fingerprint density at radius 3 is 1.10 bits per heavy atom. The normalized spacial score (nSPS) is 12.0. The molecule has 0 heterocycles. The van der Waals surface area contributed by atoms with Gasteiger partial charge in [0.05, 0.1) is 0 Å². The predicted octanol–water partition coefficient (Wildman–Crippen LogP) is 5.08. The van der Waals surface area contributed by atoms with Gasteiger partial charge in [-0.25, -0.2) is 9.59 Å². The molecule has 0 saturated heterocycles. The molecule has 0 aromatic heterocycles. The van der Waals surface area contributed by atoms with Gasteiger partial charge in [0, 0.05) is 0 Å². The van der Waals surface area contributed by atoms with Crippen LogP contribution in [0.3, 0.4) is 0 Å². The van der Waals surface area contributed by atoms with Gasteiger partial charge in [-0.3, -0.25) is 0 Å². The van der Waals surface area contributed by atoms with Crippen LogP contribution in [0.1, 0.15) is 66.2 Å². The summed E-state index contributed by atoms with van der Waals surface area (Å²) >= 11 is 0. The van der Waals surface area contributed by atoms with Crippen LogP contribution in [0.2, 0.25) is 0 Å². The first-order valence-electron chi connectivity index (χ1n) is 7.02. The van der Waals surface area contributed by atoms with Gasteiger partial charge in [0.25, 0.3) is 0 Å². The van der Waals surface area contributed by atoms with Crippen LogP contribution in [0.5, 0.6) is 0 Å². The molecule has 122 valence electrons. The largest absolute Gasteiger partial charge is 0.503 e. The van der Waals surface area contributed by atoms with E-state index in [9.17, 15) is 0 Å². The number of carbonyl (C=O) groups is 2. The predicted molar refractivity (Wildman–Crippen MR) is 78.7 cm³/mol. The van der Waals surface area contributed by atoms with E-state index in [2.05, 4.69) is 27.7 Å². The average Bonchev–Trinajstić information content (AvgIpc) is 2.31. The van der Waals surface area contributed by atoms with E-state index in [1.54, 1.807) is 0 Å². The molecule has 20 heavy (non-hydrogen) atoms. The van der Waals surface area contributed by atoms with Gasteiger partial charge in [-0.2, -0.15) is 0 Å². The first-order valence-corrected chi connectivity index (χ1v) is 7.02. The fourth-order valence-electron chi connectivity index (χ4n) is 1.62. The van der Waals surface area contributed by atoms with Gasteiger partial charge in [0.2, 0.25) is 0 Å². The van der Waals surface area contributed by atoms with Crippen molar-refractivity contribution >= 4 is 12.3 Å². The summed E-state index contributed by atoms with van der Waals surface area (Å²) in [6.45, 7) is 9.39. The standard InChI is InChI=1S/C12H26.2CH2O3/c1-5-7-9-11(3)12(4)10-8-6-2;2*2-1(3)4/h11-12H,5-10H2,1-4H3;2*(H2,2,3,4). The molecule has 2 atom stereocenters. The van der Waals surface area contributed by atoms with Crippen LogP contribution < -0.4 is 0 Å². The topological polar surface area (TPSA) is 115 Å². The van der Waals surface area contributed by atoms with E-state index in [0.717, 1.165) is 11.8 Å². The molecule has 0 radical (unpaired) electrons. The zero-order valence-electron chi connectivity index (χ0n) is 13.0. The first-order chi connectivity index (χ1) is 9.18. The molecule has 0 amide bonds. The number of carboxylic acid groups (broad SMARTS) is 4. The second kappa shape index (κ2) is 17.5. The Morgan fingerprint density at radius 1 is 0.750 bits per heavy atom. The molecule has 0 aliphatic rings. The smallest absolute Gasteiger partial charge is 0.450 e. The second-order valence-corrected chi connectivity index (χ2v) is 4.80. The van der Waals surface area contributed by atoms with Crippen molar-refractivity contribution in [1.29, 1.82) is 0 Å². The Morgan fingerprint density at radius 2 is 0.950 bits per heavy atom. The van der Waals surface area contributed by atoms with Gasteiger partial charge >= 0.3 is 12.3 Å². The van der Waals surface area contributed by atoms with E-state index < -0.39 is 12.3 Å². The van der Waals surface area contributed by atoms with Crippen LogP contribution in [-0.4, -0.2) is 32.7 Å². The zero-order valence-corrected chi connectivity index (χ0v) is 13.0. The van der Waals surface area contributed by atoms with Crippen LogP contribution in [0.4, 0.5) is 9.59 Å². The maximum absolute atomic E-state index is 8.56. The van der Waals surface area contributed by atoms with Crippen molar-refractivity contribution in [2.45, 2.75) is 66.2 Å². The van der Waals surface area contributed by atoms with Crippen molar-refractivity contribution in [3.8, 4) is 0 Å². The Hall–Kier alpha value is -1.46. The monoisotopic (exact) mass is 294 g/mol. The molecule has 0 saturated carbocycles. The number of hydrogen-bond donors (Lipinski definition) is 4. The molecule has 0 aliphatic carbocycles. The highest BCUT2D eigenvalue weighted by Crippen LogP contribution is 2.22. The third-order valence-electron chi connectivity index (χ3n) is 3.00. The zero-order chi connectivity index (χ0) is 16.6. The van der Waals surface area contributed by atoms with Gasteiger partial charge < -0.3 is 20.4 Å². The fourth-order valence-corrected chi connectivity index (χ4v) is 1.62. The number of unbranched alkanes of at least 4 members (excludes halogenated alkanes) is 2. The highest BCUT2D eigenvalue weighted by atomic mass is 16.6. The molecular formula is C14H30O6. The Labute approximate surface area is 121 Å². The molecule has 0 rings (SSSR count). The minimum Gasteiger partial charge on any atom is -0.450 e. The summed E-state index contributed by atoms with van der Waals surface area (Å²) in [5.74, 6) is 1.88. The molecule has 0 fully saturated rings. The average molecular weight is 294 g/mol. The van der Waals surface area contributed by atoms with Crippen LogP contribution >= 0.6 is 0 Å². The minimum atomic E-state index is -1.83. The second-order valence-electron chi connectivity index (χ2n) is 4.80. The van der Waals surface area contributed by atoms with Crippen LogP contribution in [0.25, 0.3) is 0 Å². The van der Waals surface area contributed by atoms with Gasteiger partial charge in [-0.1, -0.05) is 66.2 Å². The molecular weight excluding hydrogens is 264 g/mol. The molecule has 0 aromatic rings. The molecule has 6 nitrogen and oxygen atoms in total. The lowest BCUT2D eigenvalue weighted by atomic mass is 9.87. The van der Waals surface area contributed by atoms with Crippen LogP contribution in [0.15, 0.2) is 0 Å². The van der Waals surface area contributed by atoms with Crippen molar-refractivity contribution < 1.29 is 30.0 Å². The molecule has 2 unspecified atom stereocenters. The summed E-state index contributed by atoms with van der Waals surface area (Å²) in [4.78, 5) is 17.1. The van der Waals surface area contributed by atoms with E-state index in [1.807, 2.05) is 0 Å². The third-order valence-corrected chi connectivity index (χ3v) is 3.00. The van der Waals surface area contributed by atoms with Crippen molar-refractivity contribution in [3.63, 3.8) is 0 Å². The van der Waals surface area contributed by atoms with Crippen LogP contribution in [0, 0.1) is 11.8 Å². The van der Waals surface area contributed by atoms with Crippen molar-refractivity contribution in [2.24, 2.45) is 11.8 Å². The van der Waals surface area contributed by atoms with Gasteiger partial charge in [0.15, 0.2) is 0 Å². The molecule has 4 N–H and O–H groups in total. The van der Waals surface area contributed by atoms with Crippen molar-refractivity contribution in [3.05, 3.63) is 0 Å². The number of rotatable bonds is 7. The number of hydrogen-bond acceptors (Lipinski definition) is 2. The lowest BCUT2D eigenvalue weighted by molar-refractivity contribution is 0.135. The summed E-state index contributed by atoms with van der Waals surface area (Å²) in [5.41, 5.74) is 0. The van der Waals surface area contributed by atoms with Gasteiger partial charge in [-0.15, -0.1) is 0 Å². The van der Waals surface area contributed by atoms with Gasteiger partial charge in [-0.05, 0) is 11.8 Å². The third kappa shape index (κ3) is 36.0. The highest BCUT2D eigenvalue weighted by Gasteiger charge is 2.10. The van der Waals surface area contributed by atoms with E-state index in [1.165, 1.54) is 38.5 Å². The highest BCUT2D eigenvalue weighted by molar-refractivity contribution is 5.53. The molecule has 0 bridgehead atoms. The summed E-state index contributed by atoms with van der Waals surface area (Å²) in [6, 6.07) is 0. The van der Waals surface area contributed by atoms with Crippen molar-refractivity contribution in [2.75, 3.05) is 0 Å².